The van der Waals surface area contributed by atoms with E-state index in [0.29, 0.717) is 18.9 Å². The lowest BCUT2D eigenvalue weighted by molar-refractivity contribution is 0.00520. The number of hydrogen-bond acceptors (Lipinski definition) is 3. The number of terminal acetylenes is 1. The zero-order valence-electron chi connectivity index (χ0n) is 13.0. The average Bonchev–Trinajstić information content (AvgIpc) is 2.57. The van der Waals surface area contributed by atoms with Gasteiger partial charge in [-0.05, 0) is 18.9 Å². The number of aliphatic hydroxyl groups is 1. The summed E-state index contributed by atoms with van der Waals surface area (Å²) in [6, 6.07) is 0.546. The second kappa shape index (κ2) is 7.58. The first kappa shape index (κ1) is 18.1. The normalized spacial score (nSPS) is 16.3. The number of amides is 1. The molecule has 4 nitrogen and oxygen atoms in total. The molecule has 0 unspecified atom stereocenters. The summed E-state index contributed by atoms with van der Waals surface area (Å²) < 4.78 is 46.2. The molecule has 1 saturated carbocycles. The lowest BCUT2D eigenvalue weighted by Gasteiger charge is -2.32. The second-order valence-corrected chi connectivity index (χ2v) is 5.82. The molecule has 130 valence electrons. The third-order valence-electron chi connectivity index (χ3n) is 4.02. The Morgan fingerprint density at radius 3 is 2.58 bits per heavy atom. The van der Waals surface area contributed by atoms with E-state index in [1.165, 1.54) is 0 Å². The predicted octanol–water partition coefficient (Wildman–Crippen LogP) is 2.54. The number of carbonyl (C=O) groups is 1. The molecule has 0 bridgehead atoms. The molecular formula is C17H18F3NO3. The quantitative estimate of drug-likeness (QED) is 0.639. The van der Waals surface area contributed by atoms with E-state index in [1.807, 2.05) is 5.92 Å². The van der Waals surface area contributed by atoms with Crippen LogP contribution in [0.4, 0.5) is 13.2 Å². The lowest BCUT2D eigenvalue weighted by Crippen LogP contribution is -2.44. The molecule has 1 aromatic rings. The van der Waals surface area contributed by atoms with Crippen LogP contribution in [0.2, 0.25) is 0 Å². The number of nitrogens with one attached hydrogen (secondary N) is 1. The molecule has 0 aliphatic heterocycles. The van der Waals surface area contributed by atoms with Crippen molar-refractivity contribution >= 4 is 5.91 Å². The molecule has 0 heterocycles. The summed E-state index contributed by atoms with van der Waals surface area (Å²) in [5, 5.41) is 12.6. The smallest absolute Gasteiger partial charge is 0.254 e. The van der Waals surface area contributed by atoms with Gasteiger partial charge in [-0.2, -0.15) is 4.39 Å². The van der Waals surface area contributed by atoms with Gasteiger partial charge in [-0.1, -0.05) is 25.2 Å². The van der Waals surface area contributed by atoms with Crippen molar-refractivity contribution in [1.82, 2.24) is 5.32 Å². The van der Waals surface area contributed by atoms with E-state index < -0.39 is 46.9 Å². The number of ether oxygens (including phenoxy) is 1. The van der Waals surface area contributed by atoms with Crippen LogP contribution in [0.25, 0.3) is 0 Å². The van der Waals surface area contributed by atoms with E-state index in [-0.39, 0.29) is 6.54 Å². The van der Waals surface area contributed by atoms with Crippen molar-refractivity contribution in [3.05, 3.63) is 29.1 Å². The summed E-state index contributed by atoms with van der Waals surface area (Å²) in [7, 11) is 0. The molecule has 1 amide bonds. The van der Waals surface area contributed by atoms with Crippen molar-refractivity contribution in [3.63, 3.8) is 0 Å². The molecular weight excluding hydrogens is 323 g/mol. The average molecular weight is 341 g/mol. The Kier molecular flexibility index (Phi) is 5.73. The number of halogens is 3. The minimum atomic E-state index is -1.62. The van der Waals surface area contributed by atoms with Gasteiger partial charge >= 0.3 is 0 Å². The van der Waals surface area contributed by atoms with Gasteiger partial charge in [-0.15, -0.1) is 6.42 Å². The molecule has 0 radical (unpaired) electrons. The van der Waals surface area contributed by atoms with Gasteiger partial charge in [0.1, 0.15) is 6.61 Å². The Morgan fingerprint density at radius 2 is 1.96 bits per heavy atom. The molecule has 0 spiro atoms. The molecule has 7 heteroatoms. The molecule has 0 saturated heterocycles. The molecule has 1 fully saturated rings. The zero-order valence-corrected chi connectivity index (χ0v) is 13.0. The van der Waals surface area contributed by atoms with Crippen LogP contribution >= 0.6 is 0 Å². The SMILES string of the molecule is C#CCOc1c(F)cc(C(=O)NCC2(O)CCCCC2)c(F)c1F. The highest BCUT2D eigenvalue weighted by Gasteiger charge is 2.31. The Labute approximate surface area is 138 Å². The lowest BCUT2D eigenvalue weighted by atomic mass is 9.85. The van der Waals surface area contributed by atoms with E-state index in [4.69, 9.17) is 6.42 Å². The first-order chi connectivity index (χ1) is 11.4. The molecule has 0 atom stereocenters. The summed E-state index contributed by atoms with van der Waals surface area (Å²) in [5.74, 6) is -4.35. The van der Waals surface area contributed by atoms with Crippen molar-refractivity contribution in [2.75, 3.05) is 13.2 Å². The second-order valence-electron chi connectivity index (χ2n) is 5.82. The molecule has 1 aliphatic rings. The highest BCUT2D eigenvalue weighted by atomic mass is 19.2. The minimum Gasteiger partial charge on any atom is -0.475 e. The standard InChI is InChI=1S/C17H18F3NO3/c1-2-8-24-15-12(18)9-11(13(19)14(15)20)16(22)21-10-17(23)6-4-3-5-7-17/h1,9,23H,3-8,10H2,(H,21,22). The third-order valence-corrected chi connectivity index (χ3v) is 4.02. The Bertz CT molecular complexity index is 664. The topological polar surface area (TPSA) is 58.6 Å². The van der Waals surface area contributed by atoms with Crippen LogP contribution in [0.1, 0.15) is 42.5 Å². The van der Waals surface area contributed by atoms with Crippen molar-refractivity contribution in [3.8, 4) is 18.1 Å². The maximum atomic E-state index is 14.0. The summed E-state index contributed by atoms with van der Waals surface area (Å²) in [4.78, 5) is 12.0. The Hall–Kier alpha value is -2.20. The van der Waals surface area contributed by atoms with Crippen LogP contribution in [-0.4, -0.2) is 29.8 Å². The number of carbonyl (C=O) groups excluding carboxylic acids is 1. The third kappa shape index (κ3) is 4.01. The zero-order chi connectivity index (χ0) is 17.7. The number of rotatable bonds is 5. The Balaban J connectivity index is 2.13. The van der Waals surface area contributed by atoms with Crippen LogP contribution in [0.3, 0.4) is 0 Å². The van der Waals surface area contributed by atoms with Crippen LogP contribution in [0.5, 0.6) is 5.75 Å². The van der Waals surface area contributed by atoms with Crippen LogP contribution in [-0.2, 0) is 0 Å². The van der Waals surface area contributed by atoms with E-state index in [0.717, 1.165) is 19.3 Å². The van der Waals surface area contributed by atoms with E-state index in [9.17, 15) is 23.1 Å². The van der Waals surface area contributed by atoms with Crippen LogP contribution in [0, 0.1) is 29.8 Å². The maximum absolute atomic E-state index is 14.0. The summed E-state index contributed by atoms with van der Waals surface area (Å²) >= 11 is 0. The number of benzene rings is 1. The molecule has 24 heavy (non-hydrogen) atoms. The Morgan fingerprint density at radius 1 is 1.29 bits per heavy atom. The summed E-state index contributed by atoms with van der Waals surface area (Å²) in [5.41, 5.74) is -1.87. The van der Waals surface area contributed by atoms with E-state index >= 15 is 0 Å². The maximum Gasteiger partial charge on any atom is 0.254 e. The van der Waals surface area contributed by atoms with Gasteiger partial charge in [-0.25, -0.2) is 8.78 Å². The van der Waals surface area contributed by atoms with Crippen molar-refractivity contribution in [2.24, 2.45) is 0 Å². The predicted molar refractivity (Wildman–Crippen MR) is 81.0 cm³/mol. The van der Waals surface area contributed by atoms with Crippen LogP contribution in [0.15, 0.2) is 6.07 Å². The largest absolute Gasteiger partial charge is 0.475 e. The van der Waals surface area contributed by atoms with Gasteiger partial charge < -0.3 is 15.2 Å². The summed E-state index contributed by atoms with van der Waals surface area (Å²) in [6.07, 6.45) is 8.59. The monoisotopic (exact) mass is 341 g/mol. The molecule has 1 aliphatic carbocycles. The highest BCUT2D eigenvalue weighted by Crippen LogP contribution is 2.29. The van der Waals surface area contributed by atoms with Gasteiger partial charge in [0.2, 0.25) is 5.82 Å². The van der Waals surface area contributed by atoms with Gasteiger partial charge in [0.15, 0.2) is 17.4 Å². The van der Waals surface area contributed by atoms with E-state index in [2.05, 4.69) is 10.1 Å². The molecule has 2 N–H and O–H groups in total. The molecule has 0 aromatic heterocycles. The fourth-order valence-corrected chi connectivity index (χ4v) is 2.72. The molecule has 2 rings (SSSR count). The summed E-state index contributed by atoms with van der Waals surface area (Å²) in [6.45, 7) is -0.546. The first-order valence-corrected chi connectivity index (χ1v) is 7.62. The number of hydrogen-bond donors (Lipinski definition) is 2. The fraction of sp³-hybridized carbons (Fsp3) is 0.471. The van der Waals surface area contributed by atoms with Gasteiger partial charge in [0, 0.05) is 6.54 Å². The molecule has 1 aromatic carbocycles. The van der Waals surface area contributed by atoms with Crippen LogP contribution < -0.4 is 10.1 Å². The van der Waals surface area contributed by atoms with Gasteiger partial charge in [0.05, 0.1) is 11.2 Å². The van der Waals surface area contributed by atoms with Crippen molar-refractivity contribution < 1.29 is 27.8 Å². The first-order valence-electron chi connectivity index (χ1n) is 7.62. The van der Waals surface area contributed by atoms with Gasteiger partial charge in [0.25, 0.3) is 5.91 Å². The van der Waals surface area contributed by atoms with E-state index in [1.54, 1.807) is 0 Å². The highest BCUT2D eigenvalue weighted by molar-refractivity contribution is 5.94. The van der Waals surface area contributed by atoms with Crippen molar-refractivity contribution in [1.29, 1.82) is 0 Å². The van der Waals surface area contributed by atoms with Crippen molar-refractivity contribution in [2.45, 2.75) is 37.7 Å². The van der Waals surface area contributed by atoms with Gasteiger partial charge in [-0.3, -0.25) is 4.79 Å². The minimum absolute atomic E-state index is 0.107. The fourth-order valence-electron chi connectivity index (χ4n) is 2.72.